The third-order valence-corrected chi connectivity index (χ3v) is 6.16. The minimum atomic E-state index is -0.435. The number of carbonyl (C=O) groups is 1. The predicted octanol–water partition coefficient (Wildman–Crippen LogP) is 5.39. The van der Waals surface area contributed by atoms with Crippen molar-refractivity contribution >= 4 is 40.3 Å². The van der Waals surface area contributed by atoms with Crippen molar-refractivity contribution in [3.8, 4) is 11.3 Å². The molecule has 36 heavy (non-hydrogen) atoms. The maximum atomic E-state index is 11.4. The predicted molar refractivity (Wildman–Crippen MR) is 139 cm³/mol. The van der Waals surface area contributed by atoms with E-state index in [4.69, 9.17) is 16.6 Å². The molecule has 0 bridgehead atoms. The molecule has 2 aromatic carbocycles. The number of thiocarbonyl (C=S) groups is 1. The van der Waals surface area contributed by atoms with Gasteiger partial charge in [0.05, 0.1) is 16.7 Å². The number of pyridine rings is 1. The van der Waals surface area contributed by atoms with Gasteiger partial charge in [-0.25, -0.2) is 0 Å². The summed E-state index contributed by atoms with van der Waals surface area (Å²) in [6.07, 6.45) is 1.73. The number of nitro benzene ring substituents is 1. The van der Waals surface area contributed by atoms with Gasteiger partial charge in [-0.2, -0.15) is 0 Å². The number of carbonyl (C=O) groups excluding carboxylic acids is 1. The highest BCUT2D eigenvalue weighted by Crippen LogP contribution is 2.43. The van der Waals surface area contributed by atoms with Gasteiger partial charge in [-0.1, -0.05) is 6.07 Å². The number of rotatable bonds is 6. The van der Waals surface area contributed by atoms with Gasteiger partial charge in [0.15, 0.2) is 5.11 Å². The van der Waals surface area contributed by atoms with Crippen molar-refractivity contribution in [3.63, 3.8) is 0 Å². The van der Waals surface area contributed by atoms with Crippen molar-refractivity contribution < 1.29 is 14.1 Å². The quantitative estimate of drug-likeness (QED) is 0.206. The Kier molecular flexibility index (Phi) is 6.17. The highest BCUT2D eigenvalue weighted by atomic mass is 32.1. The lowest BCUT2D eigenvalue weighted by molar-refractivity contribution is -0.384. The van der Waals surface area contributed by atoms with E-state index in [1.54, 1.807) is 18.3 Å². The van der Waals surface area contributed by atoms with Gasteiger partial charge in [-0.05, 0) is 72.9 Å². The maximum absolute atomic E-state index is 11.4. The van der Waals surface area contributed by atoms with Crippen LogP contribution >= 0.6 is 12.2 Å². The maximum Gasteiger partial charge on any atom is 0.269 e. The fraction of sp³-hybridized carbons (Fsp3) is 0.115. The zero-order chi connectivity index (χ0) is 25.2. The van der Waals surface area contributed by atoms with Crippen LogP contribution in [0.4, 0.5) is 17.1 Å². The van der Waals surface area contributed by atoms with Crippen LogP contribution in [-0.4, -0.2) is 20.9 Å². The smallest absolute Gasteiger partial charge is 0.269 e. The van der Waals surface area contributed by atoms with Crippen molar-refractivity contribution in [1.82, 2.24) is 10.3 Å². The van der Waals surface area contributed by atoms with Crippen molar-refractivity contribution in [2.75, 3.05) is 10.2 Å². The molecule has 0 aliphatic carbocycles. The van der Waals surface area contributed by atoms with Gasteiger partial charge in [0.2, 0.25) is 5.91 Å². The number of furan rings is 1. The lowest BCUT2D eigenvalue weighted by Crippen LogP contribution is -2.29. The Morgan fingerprint density at radius 2 is 1.83 bits per heavy atom. The van der Waals surface area contributed by atoms with Crippen LogP contribution in [0.2, 0.25) is 0 Å². The average molecular weight is 500 g/mol. The summed E-state index contributed by atoms with van der Waals surface area (Å²) < 4.78 is 6.29. The standard InChI is InChI=1S/C26H21N5O4S/c1-16(32)28-18-7-11-19(12-8-18)30-25(24(29-26(30)36)21-4-2-3-15-27-21)23-14-13-22(35-23)17-5-9-20(10-6-17)31(33)34/h2-15,24-25H,1H3,(H,28,32)(H,29,36)/t24-,25-/m1/s1. The summed E-state index contributed by atoms with van der Waals surface area (Å²) in [6, 6.07) is 22.4. The molecule has 2 aromatic heterocycles. The summed E-state index contributed by atoms with van der Waals surface area (Å²) in [4.78, 5) is 28.5. The molecule has 2 N–H and O–H groups in total. The molecular weight excluding hydrogens is 478 g/mol. The SMILES string of the molecule is CC(=O)Nc1ccc(N2C(=S)N[C@H](c3ccccn3)[C@H]2c2ccc(-c3ccc([N+](=O)[O-])cc3)o2)cc1. The fourth-order valence-corrected chi connectivity index (χ4v) is 4.59. The third-order valence-electron chi connectivity index (χ3n) is 5.84. The van der Waals surface area contributed by atoms with Gasteiger partial charge in [-0.15, -0.1) is 0 Å². The molecular formula is C26H21N5O4S. The van der Waals surface area contributed by atoms with Gasteiger partial charge >= 0.3 is 0 Å². The van der Waals surface area contributed by atoms with Gasteiger partial charge < -0.3 is 20.0 Å². The van der Waals surface area contributed by atoms with Crippen LogP contribution < -0.4 is 15.5 Å². The van der Waals surface area contributed by atoms with E-state index in [2.05, 4.69) is 15.6 Å². The highest BCUT2D eigenvalue weighted by molar-refractivity contribution is 7.80. The van der Waals surface area contributed by atoms with Crippen molar-refractivity contribution in [1.29, 1.82) is 0 Å². The molecule has 1 aliphatic heterocycles. The Labute approximate surface area is 211 Å². The largest absolute Gasteiger partial charge is 0.459 e. The van der Waals surface area contributed by atoms with Crippen molar-refractivity contribution in [2.24, 2.45) is 0 Å². The molecule has 1 amide bonds. The first-order chi connectivity index (χ1) is 17.4. The number of aromatic nitrogens is 1. The van der Waals surface area contributed by atoms with E-state index in [1.807, 2.05) is 59.5 Å². The number of hydrogen-bond donors (Lipinski definition) is 2. The molecule has 1 aliphatic rings. The Morgan fingerprint density at radius 1 is 1.08 bits per heavy atom. The number of hydrogen-bond acceptors (Lipinski definition) is 6. The monoisotopic (exact) mass is 499 g/mol. The van der Waals surface area contributed by atoms with Crippen LogP contribution in [-0.2, 0) is 4.79 Å². The number of nitrogens with one attached hydrogen (secondary N) is 2. The summed E-state index contributed by atoms with van der Waals surface area (Å²) in [6.45, 7) is 1.46. The Morgan fingerprint density at radius 3 is 2.47 bits per heavy atom. The number of benzene rings is 2. The summed E-state index contributed by atoms with van der Waals surface area (Å²) in [5, 5.41) is 17.7. The zero-order valence-electron chi connectivity index (χ0n) is 19.1. The van der Waals surface area contributed by atoms with Crippen LogP contribution in [0.5, 0.6) is 0 Å². The van der Waals surface area contributed by atoms with Crippen LogP contribution in [0.15, 0.2) is 89.5 Å². The van der Waals surface area contributed by atoms with E-state index in [1.165, 1.54) is 19.1 Å². The summed E-state index contributed by atoms with van der Waals surface area (Å²) in [7, 11) is 0. The van der Waals surface area contributed by atoms with Crippen LogP contribution in [0.1, 0.15) is 30.5 Å². The number of nitrogens with zero attached hydrogens (tertiary/aromatic N) is 3. The van der Waals surface area contributed by atoms with E-state index in [0.29, 0.717) is 22.3 Å². The summed E-state index contributed by atoms with van der Waals surface area (Å²) in [5.74, 6) is 1.08. The third kappa shape index (κ3) is 4.53. The molecule has 10 heteroatoms. The highest BCUT2D eigenvalue weighted by Gasteiger charge is 2.42. The van der Waals surface area contributed by atoms with E-state index in [0.717, 1.165) is 16.9 Å². The number of amides is 1. The van der Waals surface area contributed by atoms with Crippen molar-refractivity contribution in [2.45, 2.75) is 19.0 Å². The first kappa shape index (κ1) is 23.2. The van der Waals surface area contributed by atoms with Gasteiger partial charge in [0.1, 0.15) is 17.6 Å². The molecule has 5 rings (SSSR count). The average Bonchev–Trinajstić information content (AvgIpc) is 3.49. The van der Waals surface area contributed by atoms with Crippen molar-refractivity contribution in [3.05, 3.63) is 107 Å². The lowest BCUT2D eigenvalue weighted by Gasteiger charge is -2.26. The second kappa shape index (κ2) is 9.59. The fourth-order valence-electron chi connectivity index (χ4n) is 4.24. The molecule has 180 valence electrons. The molecule has 1 fully saturated rings. The number of non-ortho nitro benzene ring substituents is 1. The Hall–Kier alpha value is -4.57. The Bertz CT molecular complexity index is 1420. The number of nitro groups is 1. The normalized spacial score (nSPS) is 17.0. The molecule has 9 nitrogen and oxygen atoms in total. The molecule has 0 saturated carbocycles. The second-order valence-corrected chi connectivity index (χ2v) is 8.62. The second-order valence-electron chi connectivity index (χ2n) is 8.23. The van der Waals surface area contributed by atoms with E-state index < -0.39 is 4.92 Å². The number of anilines is 2. The molecule has 0 radical (unpaired) electrons. The minimum absolute atomic E-state index is 0.0139. The van der Waals surface area contributed by atoms with Crippen LogP contribution in [0.3, 0.4) is 0 Å². The van der Waals surface area contributed by atoms with E-state index >= 15 is 0 Å². The topological polar surface area (TPSA) is 114 Å². The minimum Gasteiger partial charge on any atom is -0.459 e. The zero-order valence-corrected chi connectivity index (χ0v) is 19.9. The van der Waals surface area contributed by atoms with Crippen LogP contribution in [0, 0.1) is 10.1 Å². The molecule has 1 saturated heterocycles. The first-order valence-electron chi connectivity index (χ1n) is 11.1. The van der Waals surface area contributed by atoms with E-state index in [9.17, 15) is 14.9 Å². The summed E-state index contributed by atoms with van der Waals surface area (Å²) in [5.41, 5.74) is 3.04. The molecule has 2 atom stereocenters. The van der Waals surface area contributed by atoms with E-state index in [-0.39, 0.29) is 23.7 Å². The molecule has 3 heterocycles. The Balaban J connectivity index is 1.53. The first-order valence-corrected chi connectivity index (χ1v) is 11.5. The lowest BCUT2D eigenvalue weighted by atomic mass is 10.0. The molecule has 4 aromatic rings. The van der Waals surface area contributed by atoms with Crippen LogP contribution in [0.25, 0.3) is 11.3 Å². The van der Waals surface area contributed by atoms with Gasteiger partial charge in [-0.3, -0.25) is 19.9 Å². The molecule has 0 spiro atoms. The molecule has 0 unspecified atom stereocenters. The van der Waals surface area contributed by atoms with Gasteiger partial charge in [0.25, 0.3) is 5.69 Å². The van der Waals surface area contributed by atoms with Gasteiger partial charge in [0, 0.05) is 42.2 Å². The summed E-state index contributed by atoms with van der Waals surface area (Å²) >= 11 is 5.73.